The molecule has 1 aliphatic rings. The van der Waals surface area contributed by atoms with Crippen LogP contribution in [0.4, 0.5) is 0 Å². The Labute approximate surface area is 153 Å². The lowest BCUT2D eigenvalue weighted by Gasteiger charge is -2.17. The van der Waals surface area contributed by atoms with Crippen molar-refractivity contribution in [2.24, 2.45) is 0 Å². The van der Waals surface area contributed by atoms with Gasteiger partial charge in [-0.2, -0.15) is 0 Å². The molecule has 0 amide bonds. The average molecular weight is 381 g/mol. The highest BCUT2D eigenvalue weighted by Crippen LogP contribution is 2.29. The van der Waals surface area contributed by atoms with Crippen molar-refractivity contribution in [3.05, 3.63) is 0 Å². The number of ether oxygens (including phenoxy) is 4. The first-order valence-electron chi connectivity index (χ1n) is 9.41. The third-order valence-corrected chi connectivity index (χ3v) is 6.43. The Morgan fingerprint density at radius 1 is 0.880 bits per heavy atom. The van der Waals surface area contributed by atoms with Crippen molar-refractivity contribution >= 4 is 8.80 Å². The lowest BCUT2D eigenvalue weighted by atomic mass is 10.1. The first-order chi connectivity index (χ1) is 12.1. The summed E-state index contributed by atoms with van der Waals surface area (Å²) in [6, 6.07) is 0.550. The van der Waals surface area contributed by atoms with Crippen molar-refractivity contribution in [1.29, 1.82) is 0 Å². The van der Waals surface area contributed by atoms with Crippen molar-refractivity contribution in [3.8, 4) is 0 Å². The number of hydrogen-bond donors (Lipinski definition) is 1. The van der Waals surface area contributed by atoms with E-state index in [4.69, 9.17) is 27.8 Å². The predicted molar refractivity (Wildman–Crippen MR) is 96.7 cm³/mol. The summed E-state index contributed by atoms with van der Waals surface area (Å²) in [5.41, 5.74) is 0. The molecular weight excluding hydrogens is 344 g/mol. The molecule has 0 aromatic rings. The van der Waals surface area contributed by atoms with Gasteiger partial charge in [0.25, 0.3) is 0 Å². The molecular formula is C17H36O7Si. The lowest BCUT2D eigenvalue weighted by molar-refractivity contribution is 0.00346. The minimum absolute atomic E-state index is 0.0105. The third-order valence-electron chi connectivity index (χ3n) is 4.03. The topological polar surface area (TPSA) is 75.6 Å². The molecule has 1 fully saturated rings. The molecule has 0 aliphatic carbocycles. The van der Waals surface area contributed by atoms with Gasteiger partial charge in [-0.05, 0) is 19.8 Å². The number of unbranched alkanes of at least 4 members (excludes halogenated alkanes) is 1. The summed E-state index contributed by atoms with van der Waals surface area (Å²) in [6.45, 7) is 8.09. The molecule has 0 bridgehead atoms. The van der Waals surface area contributed by atoms with Crippen molar-refractivity contribution < 1.29 is 32.6 Å². The number of rotatable bonds is 16. The van der Waals surface area contributed by atoms with Gasteiger partial charge >= 0.3 is 8.80 Å². The largest absolute Gasteiger partial charge is 0.498 e. The molecule has 150 valence electrons. The highest BCUT2D eigenvalue weighted by atomic mass is 28.4. The van der Waals surface area contributed by atoms with Gasteiger partial charge in [-0.15, -0.1) is 0 Å². The van der Waals surface area contributed by atoms with E-state index in [1.807, 2.05) is 6.92 Å². The standard InChI is InChI=1S/C17H36O7Si/c1-4-5-7-17-16(2)23-25(18,24-17)15-6-8-20-11-12-22-14-13-21-10-9-19-3/h16-18H,4-15H2,1-3H3. The molecule has 3 unspecified atom stereocenters. The summed E-state index contributed by atoms with van der Waals surface area (Å²) >= 11 is 0. The zero-order valence-electron chi connectivity index (χ0n) is 16.0. The summed E-state index contributed by atoms with van der Waals surface area (Å²) in [5, 5.41) is 0. The van der Waals surface area contributed by atoms with Gasteiger partial charge in [0.05, 0.1) is 51.8 Å². The van der Waals surface area contributed by atoms with Gasteiger partial charge in [-0.25, -0.2) is 0 Å². The van der Waals surface area contributed by atoms with Crippen LogP contribution in [0.2, 0.25) is 6.04 Å². The van der Waals surface area contributed by atoms with Gasteiger partial charge in [0.2, 0.25) is 0 Å². The fourth-order valence-corrected chi connectivity index (χ4v) is 5.02. The van der Waals surface area contributed by atoms with Crippen LogP contribution in [0.25, 0.3) is 0 Å². The molecule has 1 saturated heterocycles. The molecule has 1 heterocycles. The molecule has 25 heavy (non-hydrogen) atoms. The van der Waals surface area contributed by atoms with E-state index in [0.717, 1.165) is 25.7 Å². The Balaban J connectivity index is 1.94. The molecule has 1 rings (SSSR count). The Kier molecular flexibility index (Phi) is 12.9. The first kappa shape index (κ1) is 23.0. The van der Waals surface area contributed by atoms with Crippen LogP contribution in [0.1, 0.15) is 39.5 Å². The molecule has 7 nitrogen and oxygen atoms in total. The van der Waals surface area contributed by atoms with E-state index in [1.165, 1.54) is 0 Å². The van der Waals surface area contributed by atoms with E-state index in [9.17, 15) is 4.80 Å². The van der Waals surface area contributed by atoms with Crippen molar-refractivity contribution in [2.75, 3.05) is 53.4 Å². The van der Waals surface area contributed by atoms with E-state index in [1.54, 1.807) is 7.11 Å². The second kappa shape index (κ2) is 14.1. The highest BCUT2D eigenvalue weighted by molar-refractivity contribution is 6.59. The SMILES string of the molecule is CCCCC1O[Si](O)(CCCOCCOCCOCCOC)OC1C. The number of hydrogen-bond acceptors (Lipinski definition) is 7. The molecule has 0 radical (unpaired) electrons. The summed E-state index contributed by atoms with van der Waals surface area (Å²) < 4.78 is 32.6. The molecule has 0 aromatic carbocycles. The lowest BCUT2D eigenvalue weighted by Crippen LogP contribution is -2.37. The van der Waals surface area contributed by atoms with Crippen molar-refractivity contribution in [2.45, 2.75) is 57.8 Å². The molecule has 0 aromatic heterocycles. The third kappa shape index (κ3) is 10.6. The Bertz CT molecular complexity index is 321. The fourth-order valence-electron chi connectivity index (χ4n) is 2.63. The fraction of sp³-hybridized carbons (Fsp3) is 1.00. The van der Waals surface area contributed by atoms with E-state index in [-0.39, 0.29) is 12.2 Å². The minimum atomic E-state index is -3.00. The van der Waals surface area contributed by atoms with Gasteiger partial charge in [0, 0.05) is 19.8 Å². The smallest absolute Gasteiger partial charge is 0.390 e. The maximum Gasteiger partial charge on any atom is 0.498 e. The van der Waals surface area contributed by atoms with Crippen molar-refractivity contribution in [1.82, 2.24) is 0 Å². The summed E-state index contributed by atoms with van der Waals surface area (Å²) in [4.78, 5) is 10.5. The maximum absolute atomic E-state index is 10.5. The minimum Gasteiger partial charge on any atom is -0.390 e. The zero-order valence-corrected chi connectivity index (χ0v) is 17.0. The highest BCUT2D eigenvalue weighted by Gasteiger charge is 2.48. The first-order valence-corrected chi connectivity index (χ1v) is 11.4. The van der Waals surface area contributed by atoms with E-state index < -0.39 is 8.80 Å². The quantitative estimate of drug-likeness (QED) is 0.324. The van der Waals surface area contributed by atoms with Crippen LogP contribution in [0, 0.1) is 0 Å². The van der Waals surface area contributed by atoms with Gasteiger partial charge in [0.1, 0.15) is 0 Å². The molecule has 1 aliphatic heterocycles. The molecule has 0 saturated carbocycles. The predicted octanol–water partition coefficient (Wildman–Crippen LogP) is 2.00. The Morgan fingerprint density at radius 2 is 1.48 bits per heavy atom. The van der Waals surface area contributed by atoms with Gasteiger partial charge < -0.3 is 32.6 Å². The molecule has 8 heteroatoms. The monoisotopic (exact) mass is 380 g/mol. The van der Waals surface area contributed by atoms with Crippen LogP contribution < -0.4 is 0 Å². The van der Waals surface area contributed by atoms with Gasteiger partial charge in [-0.1, -0.05) is 19.8 Å². The van der Waals surface area contributed by atoms with E-state index >= 15 is 0 Å². The van der Waals surface area contributed by atoms with Crippen LogP contribution in [0.15, 0.2) is 0 Å². The average Bonchev–Trinajstić information content (AvgIpc) is 2.88. The van der Waals surface area contributed by atoms with Crippen molar-refractivity contribution in [3.63, 3.8) is 0 Å². The summed E-state index contributed by atoms with van der Waals surface area (Å²) in [6.07, 6.45) is 3.94. The summed E-state index contributed by atoms with van der Waals surface area (Å²) in [7, 11) is -1.35. The Hall–Kier alpha value is -0.0631. The van der Waals surface area contributed by atoms with Gasteiger partial charge in [-0.3, -0.25) is 0 Å². The zero-order chi connectivity index (χ0) is 18.4. The van der Waals surface area contributed by atoms with Crippen LogP contribution in [0.5, 0.6) is 0 Å². The normalized spacial score (nSPS) is 26.4. The molecule has 1 N–H and O–H groups in total. The second-order valence-electron chi connectivity index (χ2n) is 6.27. The van der Waals surface area contributed by atoms with Crippen LogP contribution in [0.3, 0.4) is 0 Å². The van der Waals surface area contributed by atoms with E-state index in [0.29, 0.717) is 52.3 Å². The molecule has 0 spiro atoms. The second-order valence-corrected chi connectivity index (χ2v) is 8.66. The summed E-state index contributed by atoms with van der Waals surface area (Å²) in [5.74, 6) is 0. The maximum atomic E-state index is 10.5. The van der Waals surface area contributed by atoms with E-state index in [2.05, 4.69) is 6.92 Å². The van der Waals surface area contributed by atoms with Gasteiger partial charge in [0.15, 0.2) is 0 Å². The van der Waals surface area contributed by atoms with Crippen LogP contribution >= 0.6 is 0 Å². The Morgan fingerprint density at radius 3 is 2.08 bits per heavy atom. The number of methoxy groups -OCH3 is 1. The molecule has 3 atom stereocenters. The van der Waals surface area contributed by atoms with Crippen LogP contribution in [-0.4, -0.2) is 79.2 Å². The van der Waals surface area contributed by atoms with Crippen LogP contribution in [-0.2, 0) is 27.8 Å².